The molecule has 0 aliphatic carbocycles. The van der Waals surface area contributed by atoms with Crippen molar-refractivity contribution >= 4 is 12.4 Å². The number of aryl methyl sites for hydroxylation is 1. The fourth-order valence-corrected chi connectivity index (χ4v) is 1.42. The Hall–Kier alpha value is -0.680. The van der Waals surface area contributed by atoms with E-state index in [0.29, 0.717) is 25.2 Å². The lowest BCUT2D eigenvalue weighted by atomic mass is 10.1. The van der Waals surface area contributed by atoms with Gasteiger partial charge in [0.1, 0.15) is 0 Å². The molecule has 1 aliphatic rings. The molecule has 2 heterocycles. The molecule has 1 atom stereocenters. The van der Waals surface area contributed by atoms with E-state index in [1.54, 1.807) is 0 Å². The van der Waals surface area contributed by atoms with Gasteiger partial charge >= 0.3 is 0 Å². The predicted molar refractivity (Wildman–Crippen MR) is 51.2 cm³/mol. The van der Waals surface area contributed by atoms with Crippen LogP contribution in [0.3, 0.4) is 0 Å². The highest BCUT2D eigenvalue weighted by molar-refractivity contribution is 5.85. The smallest absolute Gasteiger partial charge is 0.265 e. The molecule has 1 unspecified atom stereocenters. The van der Waals surface area contributed by atoms with Gasteiger partial charge in [0.15, 0.2) is 5.82 Å². The summed E-state index contributed by atoms with van der Waals surface area (Å²) in [6.45, 7) is 2.85. The van der Waals surface area contributed by atoms with Crippen molar-refractivity contribution in [3.63, 3.8) is 0 Å². The minimum Gasteiger partial charge on any atom is -0.336 e. The van der Waals surface area contributed by atoms with Gasteiger partial charge in [0, 0.05) is 19.4 Å². The van der Waals surface area contributed by atoms with Crippen LogP contribution in [0.25, 0.3) is 0 Å². The minimum absolute atomic E-state index is 0. The molecule has 1 aromatic heterocycles. The fraction of sp³-hybridized carbons (Fsp3) is 0.750. The van der Waals surface area contributed by atoms with Crippen molar-refractivity contribution in [3.05, 3.63) is 11.7 Å². The van der Waals surface area contributed by atoms with E-state index in [1.165, 1.54) is 0 Å². The monoisotopic (exact) mass is 221 g/mol. The van der Waals surface area contributed by atoms with E-state index in [4.69, 9.17) is 4.52 Å². The number of alkyl halides is 1. The Bertz CT molecular complexity index is 299. The van der Waals surface area contributed by atoms with Crippen molar-refractivity contribution in [3.8, 4) is 0 Å². The third kappa shape index (κ3) is 1.88. The van der Waals surface area contributed by atoms with Gasteiger partial charge < -0.3 is 9.84 Å². The van der Waals surface area contributed by atoms with Crippen LogP contribution in [0.5, 0.6) is 0 Å². The summed E-state index contributed by atoms with van der Waals surface area (Å²) in [4.78, 5) is 3.99. The molecule has 1 fully saturated rings. The van der Waals surface area contributed by atoms with Crippen LogP contribution in [0.2, 0.25) is 0 Å². The lowest BCUT2D eigenvalue weighted by Crippen LogP contribution is -2.23. The quantitative estimate of drug-likeness (QED) is 0.816. The van der Waals surface area contributed by atoms with Crippen LogP contribution in [-0.2, 0) is 12.1 Å². The summed E-state index contributed by atoms with van der Waals surface area (Å²) in [5.41, 5.74) is -1.44. The molecule has 0 amide bonds. The highest BCUT2D eigenvalue weighted by Crippen LogP contribution is 2.30. The minimum atomic E-state index is -1.44. The lowest BCUT2D eigenvalue weighted by Gasteiger charge is -2.10. The molecule has 0 spiro atoms. The van der Waals surface area contributed by atoms with E-state index in [1.807, 2.05) is 6.92 Å². The van der Waals surface area contributed by atoms with Crippen molar-refractivity contribution in [2.75, 3.05) is 13.1 Å². The molecule has 1 aromatic rings. The van der Waals surface area contributed by atoms with Crippen molar-refractivity contribution in [1.29, 1.82) is 0 Å². The van der Waals surface area contributed by atoms with E-state index in [2.05, 4.69) is 15.5 Å². The van der Waals surface area contributed by atoms with E-state index < -0.39 is 5.67 Å². The third-order valence-electron chi connectivity index (χ3n) is 2.27. The number of rotatable bonds is 2. The van der Waals surface area contributed by atoms with Crippen molar-refractivity contribution in [2.45, 2.75) is 25.4 Å². The summed E-state index contributed by atoms with van der Waals surface area (Å²) in [5, 5.41) is 6.61. The summed E-state index contributed by atoms with van der Waals surface area (Å²) >= 11 is 0. The van der Waals surface area contributed by atoms with Gasteiger partial charge in [-0.2, -0.15) is 4.98 Å². The van der Waals surface area contributed by atoms with Crippen molar-refractivity contribution < 1.29 is 8.91 Å². The standard InChI is InChI=1S/C8H12FN3O.ClH/c1-2-6-11-7(13-12-6)8(9)3-4-10-5-8;/h10H,2-5H2,1H3;1H. The number of halogens is 2. The second-order valence-corrected chi connectivity index (χ2v) is 3.26. The first-order chi connectivity index (χ1) is 6.24. The third-order valence-corrected chi connectivity index (χ3v) is 2.27. The SMILES string of the molecule is CCc1noc(C2(F)CCNC2)n1.Cl. The average molecular weight is 222 g/mol. The van der Waals surface area contributed by atoms with E-state index in [9.17, 15) is 4.39 Å². The van der Waals surface area contributed by atoms with Crippen LogP contribution >= 0.6 is 12.4 Å². The zero-order valence-electron chi connectivity index (χ0n) is 7.92. The van der Waals surface area contributed by atoms with Gasteiger partial charge in [-0.3, -0.25) is 0 Å². The van der Waals surface area contributed by atoms with E-state index in [0.717, 1.165) is 0 Å². The maximum absolute atomic E-state index is 13.9. The Morgan fingerprint density at radius 2 is 2.43 bits per heavy atom. The van der Waals surface area contributed by atoms with E-state index >= 15 is 0 Å². The Morgan fingerprint density at radius 3 is 2.93 bits per heavy atom. The molecule has 0 bridgehead atoms. The number of aromatic nitrogens is 2. The van der Waals surface area contributed by atoms with Gasteiger partial charge in [-0.15, -0.1) is 12.4 Å². The first kappa shape index (κ1) is 11.4. The molecule has 0 aromatic carbocycles. The summed E-state index contributed by atoms with van der Waals surface area (Å²) < 4.78 is 18.8. The largest absolute Gasteiger partial charge is 0.336 e. The normalized spacial score (nSPS) is 26.1. The Kier molecular flexibility index (Phi) is 3.44. The number of hydrogen-bond acceptors (Lipinski definition) is 4. The molecule has 1 aliphatic heterocycles. The first-order valence-electron chi connectivity index (χ1n) is 4.47. The van der Waals surface area contributed by atoms with Gasteiger partial charge in [-0.05, 0) is 6.54 Å². The highest BCUT2D eigenvalue weighted by atomic mass is 35.5. The number of hydrogen-bond donors (Lipinski definition) is 1. The van der Waals surface area contributed by atoms with Gasteiger partial charge in [0.25, 0.3) is 5.89 Å². The molecule has 0 saturated carbocycles. The van der Waals surface area contributed by atoms with Crippen LogP contribution in [0.4, 0.5) is 4.39 Å². The zero-order chi connectivity index (χ0) is 9.31. The van der Waals surface area contributed by atoms with Gasteiger partial charge in [0.2, 0.25) is 5.67 Å². The van der Waals surface area contributed by atoms with Crippen LogP contribution < -0.4 is 5.32 Å². The van der Waals surface area contributed by atoms with Gasteiger partial charge in [0.05, 0.1) is 0 Å². The molecule has 2 rings (SSSR count). The Balaban J connectivity index is 0.000000980. The molecular formula is C8H13ClFN3O. The van der Waals surface area contributed by atoms with Crippen LogP contribution in [0.1, 0.15) is 25.1 Å². The molecule has 6 heteroatoms. The molecular weight excluding hydrogens is 209 g/mol. The highest BCUT2D eigenvalue weighted by Gasteiger charge is 2.41. The summed E-state index contributed by atoms with van der Waals surface area (Å²) in [6, 6.07) is 0. The van der Waals surface area contributed by atoms with Crippen LogP contribution in [-0.4, -0.2) is 23.2 Å². The average Bonchev–Trinajstić information content (AvgIpc) is 2.72. The van der Waals surface area contributed by atoms with E-state index in [-0.39, 0.29) is 24.8 Å². The Labute approximate surface area is 87.7 Å². The summed E-state index contributed by atoms with van der Waals surface area (Å²) in [5.74, 6) is 0.688. The second kappa shape index (κ2) is 4.23. The molecule has 1 saturated heterocycles. The lowest BCUT2D eigenvalue weighted by molar-refractivity contribution is 0.133. The fourth-order valence-electron chi connectivity index (χ4n) is 1.42. The first-order valence-corrected chi connectivity index (χ1v) is 4.47. The van der Waals surface area contributed by atoms with Crippen molar-refractivity contribution in [2.24, 2.45) is 0 Å². The van der Waals surface area contributed by atoms with Crippen LogP contribution in [0.15, 0.2) is 4.52 Å². The molecule has 80 valence electrons. The molecule has 4 nitrogen and oxygen atoms in total. The zero-order valence-corrected chi connectivity index (χ0v) is 8.73. The summed E-state index contributed by atoms with van der Waals surface area (Å²) in [7, 11) is 0. The van der Waals surface area contributed by atoms with Gasteiger partial charge in [-0.25, -0.2) is 4.39 Å². The second-order valence-electron chi connectivity index (χ2n) is 3.26. The molecule has 0 radical (unpaired) electrons. The maximum atomic E-state index is 13.9. The topological polar surface area (TPSA) is 51.0 Å². The maximum Gasteiger partial charge on any atom is 0.265 e. The molecule has 1 N–H and O–H groups in total. The Morgan fingerprint density at radius 1 is 1.64 bits per heavy atom. The number of nitrogens with zero attached hydrogens (tertiary/aromatic N) is 2. The van der Waals surface area contributed by atoms with Crippen LogP contribution in [0, 0.1) is 0 Å². The summed E-state index contributed by atoms with van der Waals surface area (Å²) in [6.07, 6.45) is 1.09. The molecule has 14 heavy (non-hydrogen) atoms. The predicted octanol–water partition coefficient (Wildman–Crippen LogP) is 1.21. The number of nitrogens with one attached hydrogen (secondary N) is 1. The van der Waals surface area contributed by atoms with Gasteiger partial charge in [-0.1, -0.05) is 12.1 Å². The van der Waals surface area contributed by atoms with Crippen molar-refractivity contribution in [1.82, 2.24) is 15.5 Å².